The summed E-state index contributed by atoms with van der Waals surface area (Å²) in [5, 5.41) is 11.6. The fourth-order valence-corrected chi connectivity index (χ4v) is 2.98. The zero-order valence-electron chi connectivity index (χ0n) is 15.9. The molecule has 0 bridgehead atoms. The zero-order valence-corrected chi connectivity index (χ0v) is 15.9. The zero-order chi connectivity index (χ0) is 21.1. The fourth-order valence-electron chi connectivity index (χ4n) is 2.98. The van der Waals surface area contributed by atoms with Crippen molar-refractivity contribution >= 4 is 34.7 Å². The number of non-ortho nitro benzene ring substituents is 1. The Morgan fingerprint density at radius 3 is 2.57 bits per heavy atom. The van der Waals surface area contributed by atoms with Gasteiger partial charge in [0.15, 0.2) is 5.75 Å². The summed E-state index contributed by atoms with van der Waals surface area (Å²) in [5.41, 5.74) is 2.05. The number of fused-ring (bicyclic) bond motifs is 1. The van der Waals surface area contributed by atoms with Crippen molar-refractivity contribution in [1.29, 1.82) is 0 Å². The number of aromatic nitrogens is 1. The molecule has 0 amide bonds. The second kappa shape index (κ2) is 8.00. The van der Waals surface area contributed by atoms with E-state index >= 15 is 0 Å². The summed E-state index contributed by atoms with van der Waals surface area (Å²) in [6.45, 7) is 1.35. The maximum absolute atomic E-state index is 11.3. The molecular formula is C23H16N2O5. The van der Waals surface area contributed by atoms with Crippen molar-refractivity contribution in [3.8, 4) is 17.1 Å². The van der Waals surface area contributed by atoms with E-state index in [-0.39, 0.29) is 5.69 Å². The number of hydrogen-bond acceptors (Lipinski definition) is 6. The molecule has 0 saturated heterocycles. The summed E-state index contributed by atoms with van der Waals surface area (Å²) >= 11 is 0. The summed E-state index contributed by atoms with van der Waals surface area (Å²) in [5.74, 6) is 1.22. The molecule has 7 heteroatoms. The minimum Gasteiger partial charge on any atom is -0.457 e. The highest BCUT2D eigenvalue weighted by atomic mass is 16.6. The average molecular weight is 400 g/mol. The Morgan fingerprint density at radius 1 is 1.03 bits per heavy atom. The van der Waals surface area contributed by atoms with Crippen LogP contribution in [0.1, 0.15) is 18.4 Å². The molecule has 0 aliphatic carbocycles. The standard InChI is InChI=1S/C23H16N2O5/c1-15(26)29-22-4-2-3-17-5-8-18(24-23(17)22)9-12-20-13-14-21(30-20)16-6-10-19(11-7-16)25(27)28/h2-14H,1H3. The maximum Gasteiger partial charge on any atom is 0.308 e. The summed E-state index contributed by atoms with van der Waals surface area (Å²) in [4.78, 5) is 26.2. The first-order chi connectivity index (χ1) is 14.5. The van der Waals surface area contributed by atoms with Crippen molar-refractivity contribution in [2.75, 3.05) is 0 Å². The number of nitro groups is 1. The topological polar surface area (TPSA) is 95.5 Å². The Kier molecular flexibility index (Phi) is 5.09. The van der Waals surface area contributed by atoms with Crippen LogP contribution in [0.4, 0.5) is 5.69 Å². The lowest BCUT2D eigenvalue weighted by atomic mass is 10.1. The first kappa shape index (κ1) is 19.1. The first-order valence-corrected chi connectivity index (χ1v) is 9.10. The Morgan fingerprint density at radius 2 is 1.83 bits per heavy atom. The molecule has 4 rings (SSSR count). The Bertz CT molecular complexity index is 1270. The normalized spacial score (nSPS) is 11.1. The summed E-state index contributed by atoms with van der Waals surface area (Å²) in [6.07, 6.45) is 3.57. The minimum atomic E-state index is -0.441. The number of benzene rings is 2. The van der Waals surface area contributed by atoms with E-state index in [1.807, 2.05) is 18.2 Å². The molecule has 2 aromatic carbocycles. The van der Waals surface area contributed by atoms with Gasteiger partial charge in [-0.15, -0.1) is 0 Å². The number of hydrogen-bond donors (Lipinski definition) is 0. The van der Waals surface area contributed by atoms with E-state index < -0.39 is 10.9 Å². The predicted octanol–water partition coefficient (Wildman–Crippen LogP) is 5.50. The van der Waals surface area contributed by atoms with E-state index in [9.17, 15) is 14.9 Å². The number of nitrogens with zero attached hydrogens (tertiary/aromatic N) is 2. The van der Waals surface area contributed by atoms with Crippen molar-refractivity contribution in [2.24, 2.45) is 0 Å². The summed E-state index contributed by atoms with van der Waals surface area (Å²) < 4.78 is 11.0. The molecule has 0 N–H and O–H groups in total. The largest absolute Gasteiger partial charge is 0.457 e. The fraction of sp³-hybridized carbons (Fsp3) is 0.0435. The van der Waals surface area contributed by atoms with Crippen LogP contribution >= 0.6 is 0 Å². The van der Waals surface area contributed by atoms with Gasteiger partial charge >= 0.3 is 5.97 Å². The number of carbonyl (C=O) groups is 1. The number of esters is 1. The van der Waals surface area contributed by atoms with Gasteiger partial charge in [0.25, 0.3) is 5.69 Å². The number of pyridine rings is 1. The molecule has 0 atom stereocenters. The van der Waals surface area contributed by atoms with Gasteiger partial charge in [0.2, 0.25) is 0 Å². The van der Waals surface area contributed by atoms with E-state index in [4.69, 9.17) is 9.15 Å². The van der Waals surface area contributed by atoms with Gasteiger partial charge in [-0.2, -0.15) is 0 Å². The van der Waals surface area contributed by atoms with Crippen molar-refractivity contribution in [3.63, 3.8) is 0 Å². The van der Waals surface area contributed by atoms with Gasteiger partial charge in [-0.3, -0.25) is 14.9 Å². The third-order valence-corrected chi connectivity index (χ3v) is 4.37. The number of ether oxygens (including phenoxy) is 1. The van der Waals surface area contributed by atoms with Crippen LogP contribution in [0.5, 0.6) is 5.75 Å². The highest BCUT2D eigenvalue weighted by Gasteiger charge is 2.09. The van der Waals surface area contributed by atoms with Gasteiger partial charge in [0, 0.05) is 30.0 Å². The van der Waals surface area contributed by atoms with Crippen LogP contribution in [0, 0.1) is 10.1 Å². The molecule has 2 aromatic heterocycles. The molecule has 4 aromatic rings. The van der Waals surface area contributed by atoms with Crippen LogP contribution in [-0.2, 0) is 4.79 Å². The van der Waals surface area contributed by atoms with E-state index in [0.717, 1.165) is 10.9 Å². The van der Waals surface area contributed by atoms with E-state index in [1.54, 1.807) is 48.6 Å². The number of furan rings is 1. The first-order valence-electron chi connectivity index (χ1n) is 9.10. The molecule has 0 radical (unpaired) electrons. The third kappa shape index (κ3) is 4.10. The van der Waals surface area contributed by atoms with Crippen molar-refractivity contribution in [2.45, 2.75) is 6.92 Å². The third-order valence-electron chi connectivity index (χ3n) is 4.37. The lowest BCUT2D eigenvalue weighted by Crippen LogP contribution is -2.02. The van der Waals surface area contributed by atoms with Crippen LogP contribution in [0.3, 0.4) is 0 Å². The van der Waals surface area contributed by atoms with Gasteiger partial charge < -0.3 is 9.15 Å². The molecule has 0 spiro atoms. The molecule has 0 saturated carbocycles. The highest BCUT2D eigenvalue weighted by Crippen LogP contribution is 2.27. The van der Waals surface area contributed by atoms with Crippen molar-refractivity contribution < 1.29 is 18.9 Å². The SMILES string of the molecule is CC(=O)Oc1cccc2ccc(C=Cc3ccc(-c4ccc([N+](=O)[O-])cc4)o3)nc12. The molecule has 0 aliphatic heterocycles. The molecule has 7 nitrogen and oxygen atoms in total. The molecule has 0 fully saturated rings. The smallest absolute Gasteiger partial charge is 0.308 e. The number of para-hydroxylation sites is 1. The number of nitro benzene ring substituents is 1. The number of carbonyl (C=O) groups excluding carboxylic acids is 1. The quantitative estimate of drug-likeness (QED) is 0.190. The van der Waals surface area contributed by atoms with Gasteiger partial charge in [0.1, 0.15) is 17.0 Å². The monoisotopic (exact) mass is 400 g/mol. The Balaban J connectivity index is 1.57. The molecule has 30 heavy (non-hydrogen) atoms. The van der Waals surface area contributed by atoms with Crippen molar-refractivity contribution in [1.82, 2.24) is 4.98 Å². The van der Waals surface area contributed by atoms with Gasteiger partial charge in [-0.1, -0.05) is 18.2 Å². The molecule has 0 unspecified atom stereocenters. The van der Waals surface area contributed by atoms with Gasteiger partial charge in [0.05, 0.1) is 10.6 Å². The van der Waals surface area contributed by atoms with Gasteiger partial charge in [-0.25, -0.2) is 4.98 Å². The van der Waals surface area contributed by atoms with E-state index in [1.165, 1.54) is 19.1 Å². The van der Waals surface area contributed by atoms with Crippen LogP contribution < -0.4 is 4.74 Å². The average Bonchev–Trinajstić information content (AvgIpc) is 3.21. The highest BCUT2D eigenvalue weighted by molar-refractivity contribution is 5.88. The van der Waals surface area contributed by atoms with Crippen molar-refractivity contribution in [3.05, 3.63) is 88.3 Å². The molecule has 148 valence electrons. The maximum atomic E-state index is 11.3. The lowest BCUT2D eigenvalue weighted by Gasteiger charge is -2.05. The van der Waals surface area contributed by atoms with Gasteiger partial charge in [-0.05, 0) is 48.6 Å². The molecule has 0 aliphatic rings. The Labute approximate surface area is 171 Å². The van der Waals surface area contributed by atoms with E-state index in [2.05, 4.69) is 4.98 Å². The second-order valence-electron chi connectivity index (χ2n) is 6.50. The summed E-state index contributed by atoms with van der Waals surface area (Å²) in [7, 11) is 0. The van der Waals surface area contributed by atoms with E-state index in [0.29, 0.717) is 28.5 Å². The summed E-state index contributed by atoms with van der Waals surface area (Å²) in [6, 6.07) is 18.9. The predicted molar refractivity (Wildman–Crippen MR) is 113 cm³/mol. The van der Waals surface area contributed by atoms with Crippen LogP contribution in [0.15, 0.2) is 71.1 Å². The Hall–Kier alpha value is -4.26. The molecular weight excluding hydrogens is 384 g/mol. The van der Waals surface area contributed by atoms with Crippen LogP contribution in [0.2, 0.25) is 0 Å². The second-order valence-corrected chi connectivity index (χ2v) is 6.50. The van der Waals surface area contributed by atoms with Crippen LogP contribution in [0.25, 0.3) is 34.4 Å². The molecule has 2 heterocycles. The minimum absolute atomic E-state index is 0.0286. The lowest BCUT2D eigenvalue weighted by molar-refractivity contribution is -0.384. The van der Waals surface area contributed by atoms with Crippen LogP contribution in [-0.4, -0.2) is 15.9 Å². The number of rotatable bonds is 5.